The van der Waals surface area contributed by atoms with E-state index in [1.165, 1.54) is 22.4 Å². The third-order valence-corrected chi connectivity index (χ3v) is 5.86. The summed E-state index contributed by atoms with van der Waals surface area (Å²) in [7, 11) is 0. The van der Waals surface area contributed by atoms with Crippen molar-refractivity contribution in [1.82, 2.24) is 5.32 Å². The number of carbonyl (C=O) groups excluding carboxylic acids is 1. The summed E-state index contributed by atoms with van der Waals surface area (Å²) in [6.07, 6.45) is 4.44. The average molecular weight is 349 g/mol. The third-order valence-electron chi connectivity index (χ3n) is 5.86. The molecule has 1 aliphatic heterocycles. The summed E-state index contributed by atoms with van der Waals surface area (Å²) in [6, 6.07) is 16.8. The molecule has 1 heterocycles. The summed E-state index contributed by atoms with van der Waals surface area (Å²) in [5, 5.41) is 3.19. The third kappa shape index (κ3) is 3.34. The normalized spacial score (nSPS) is 17.5. The van der Waals surface area contributed by atoms with Crippen molar-refractivity contribution in [3.63, 3.8) is 0 Å². The van der Waals surface area contributed by atoms with Gasteiger partial charge in [-0.25, -0.2) is 0 Å². The molecule has 0 aromatic heterocycles. The highest BCUT2D eigenvalue weighted by atomic mass is 16.2. The van der Waals surface area contributed by atoms with Gasteiger partial charge in [0.15, 0.2) is 0 Å². The van der Waals surface area contributed by atoms with Crippen molar-refractivity contribution in [1.29, 1.82) is 0 Å². The highest BCUT2D eigenvalue weighted by Gasteiger charge is 2.44. The van der Waals surface area contributed by atoms with Gasteiger partial charge in [0.05, 0.1) is 6.54 Å². The molecule has 0 radical (unpaired) electrons. The van der Waals surface area contributed by atoms with Crippen LogP contribution in [-0.2, 0) is 23.2 Å². The van der Waals surface area contributed by atoms with Gasteiger partial charge in [-0.1, -0.05) is 42.5 Å². The van der Waals surface area contributed by atoms with E-state index in [1.807, 2.05) is 12.1 Å². The van der Waals surface area contributed by atoms with Crippen molar-refractivity contribution >= 4 is 11.6 Å². The average Bonchev–Trinajstić information content (AvgIpc) is 3.48. The lowest BCUT2D eigenvalue weighted by atomic mass is 9.95. The Bertz CT molecular complexity index is 783. The Labute approximate surface area is 155 Å². The molecular weight excluding hydrogens is 322 g/mol. The number of nitrogens with two attached hydrogens (primary N) is 1. The lowest BCUT2D eigenvalue weighted by Gasteiger charge is -2.32. The first-order chi connectivity index (χ1) is 12.7. The summed E-state index contributed by atoms with van der Waals surface area (Å²) in [5.74, 6) is 0.109. The zero-order valence-electron chi connectivity index (χ0n) is 15.2. The van der Waals surface area contributed by atoms with Gasteiger partial charge in [0, 0.05) is 30.7 Å². The molecule has 1 fully saturated rings. The molecule has 0 bridgehead atoms. The second-order valence-electron chi connectivity index (χ2n) is 7.57. The van der Waals surface area contributed by atoms with Crippen molar-refractivity contribution in [3.8, 4) is 0 Å². The number of benzene rings is 2. The van der Waals surface area contributed by atoms with Gasteiger partial charge in [-0.15, -0.1) is 0 Å². The van der Waals surface area contributed by atoms with E-state index in [1.54, 1.807) is 0 Å². The van der Waals surface area contributed by atoms with Crippen LogP contribution < -0.4 is 16.0 Å². The van der Waals surface area contributed by atoms with E-state index in [-0.39, 0.29) is 11.3 Å². The van der Waals surface area contributed by atoms with E-state index >= 15 is 0 Å². The van der Waals surface area contributed by atoms with Crippen molar-refractivity contribution in [2.75, 3.05) is 24.5 Å². The predicted octanol–water partition coefficient (Wildman–Crippen LogP) is 2.75. The first-order valence-corrected chi connectivity index (χ1v) is 9.60. The molecule has 1 aliphatic carbocycles. The van der Waals surface area contributed by atoms with E-state index in [0.29, 0.717) is 13.1 Å². The number of fused-ring (bicyclic) bond motifs is 1. The molecule has 2 aromatic carbocycles. The first kappa shape index (κ1) is 17.1. The minimum absolute atomic E-state index is 0.109. The Hall–Kier alpha value is -2.33. The Morgan fingerprint density at radius 2 is 1.92 bits per heavy atom. The van der Waals surface area contributed by atoms with E-state index in [2.05, 4.69) is 46.6 Å². The maximum atomic E-state index is 12.6. The van der Waals surface area contributed by atoms with Crippen LogP contribution in [0.4, 0.5) is 5.69 Å². The molecule has 0 saturated heterocycles. The second kappa shape index (κ2) is 7.12. The number of hydrogen-bond acceptors (Lipinski definition) is 3. The summed E-state index contributed by atoms with van der Waals surface area (Å²) in [4.78, 5) is 14.8. The maximum absolute atomic E-state index is 12.6. The van der Waals surface area contributed by atoms with Crippen molar-refractivity contribution in [2.24, 2.45) is 5.73 Å². The summed E-state index contributed by atoms with van der Waals surface area (Å²) >= 11 is 0. The minimum Gasteiger partial charge on any atom is -0.362 e. The van der Waals surface area contributed by atoms with Crippen LogP contribution in [0.2, 0.25) is 0 Å². The number of hydrogen-bond donors (Lipinski definition) is 2. The SMILES string of the molecule is NCc1cccc2c1CCCN2CC(=O)NCC1(c2ccccc2)CC1. The topological polar surface area (TPSA) is 58.4 Å². The van der Waals surface area contributed by atoms with Crippen LogP contribution in [-0.4, -0.2) is 25.5 Å². The molecule has 0 spiro atoms. The molecule has 0 unspecified atom stereocenters. The second-order valence-corrected chi connectivity index (χ2v) is 7.57. The zero-order valence-corrected chi connectivity index (χ0v) is 15.2. The highest BCUT2D eigenvalue weighted by Crippen LogP contribution is 2.47. The lowest BCUT2D eigenvalue weighted by Crippen LogP contribution is -2.42. The number of carbonyl (C=O) groups is 1. The molecule has 1 amide bonds. The molecule has 2 aromatic rings. The molecule has 136 valence electrons. The van der Waals surface area contributed by atoms with Crippen LogP contribution in [0.3, 0.4) is 0 Å². The van der Waals surface area contributed by atoms with E-state index < -0.39 is 0 Å². The van der Waals surface area contributed by atoms with Gasteiger partial charge in [-0.2, -0.15) is 0 Å². The van der Waals surface area contributed by atoms with Gasteiger partial charge in [0.2, 0.25) is 5.91 Å². The maximum Gasteiger partial charge on any atom is 0.239 e. The molecule has 4 rings (SSSR count). The minimum atomic E-state index is 0.109. The van der Waals surface area contributed by atoms with Crippen LogP contribution in [0, 0.1) is 0 Å². The summed E-state index contributed by atoms with van der Waals surface area (Å²) in [5.41, 5.74) is 11.1. The Kier molecular flexibility index (Phi) is 4.68. The van der Waals surface area contributed by atoms with Crippen LogP contribution in [0.15, 0.2) is 48.5 Å². The molecular formula is C22H27N3O. The predicted molar refractivity (Wildman–Crippen MR) is 105 cm³/mol. The van der Waals surface area contributed by atoms with Crippen LogP contribution in [0.25, 0.3) is 0 Å². The number of rotatable bonds is 6. The summed E-state index contributed by atoms with van der Waals surface area (Å²) < 4.78 is 0. The number of nitrogens with one attached hydrogen (secondary N) is 1. The van der Waals surface area contributed by atoms with Gasteiger partial charge in [-0.05, 0) is 48.4 Å². The van der Waals surface area contributed by atoms with Gasteiger partial charge in [0.1, 0.15) is 0 Å². The van der Waals surface area contributed by atoms with Gasteiger partial charge in [-0.3, -0.25) is 4.79 Å². The largest absolute Gasteiger partial charge is 0.362 e. The fourth-order valence-electron chi connectivity index (χ4n) is 4.14. The van der Waals surface area contributed by atoms with E-state index in [9.17, 15) is 4.79 Å². The first-order valence-electron chi connectivity index (χ1n) is 9.60. The van der Waals surface area contributed by atoms with Crippen molar-refractivity contribution in [3.05, 3.63) is 65.2 Å². The smallest absolute Gasteiger partial charge is 0.239 e. The summed E-state index contributed by atoms with van der Waals surface area (Å²) in [6.45, 7) is 2.65. The zero-order chi connectivity index (χ0) is 18.0. The Morgan fingerprint density at radius 1 is 1.12 bits per heavy atom. The molecule has 4 heteroatoms. The fraction of sp³-hybridized carbons (Fsp3) is 0.409. The monoisotopic (exact) mass is 349 g/mol. The number of amides is 1. The van der Waals surface area contributed by atoms with Crippen molar-refractivity contribution < 1.29 is 4.79 Å². The van der Waals surface area contributed by atoms with Gasteiger partial charge < -0.3 is 16.0 Å². The van der Waals surface area contributed by atoms with Crippen molar-refractivity contribution in [2.45, 2.75) is 37.6 Å². The highest BCUT2D eigenvalue weighted by molar-refractivity contribution is 5.82. The molecule has 26 heavy (non-hydrogen) atoms. The van der Waals surface area contributed by atoms with Crippen LogP contribution in [0.5, 0.6) is 0 Å². The number of anilines is 1. The molecule has 0 atom stereocenters. The number of nitrogens with zero attached hydrogens (tertiary/aromatic N) is 1. The van der Waals surface area contributed by atoms with Crippen LogP contribution >= 0.6 is 0 Å². The van der Waals surface area contributed by atoms with Crippen LogP contribution in [0.1, 0.15) is 36.0 Å². The lowest BCUT2D eigenvalue weighted by molar-refractivity contribution is -0.119. The standard InChI is InChI=1S/C22H27N3O/c23-14-17-6-4-10-20-19(17)9-5-13-25(20)15-21(26)24-16-22(11-12-22)18-7-2-1-3-8-18/h1-4,6-8,10H,5,9,11-16,23H2,(H,24,26). The molecule has 1 saturated carbocycles. The molecule has 4 nitrogen and oxygen atoms in total. The molecule has 2 aliphatic rings. The fourth-order valence-corrected chi connectivity index (χ4v) is 4.14. The Balaban J connectivity index is 1.39. The van der Waals surface area contributed by atoms with Gasteiger partial charge in [0.25, 0.3) is 0 Å². The van der Waals surface area contributed by atoms with Gasteiger partial charge >= 0.3 is 0 Å². The Morgan fingerprint density at radius 3 is 2.65 bits per heavy atom. The quantitative estimate of drug-likeness (QED) is 0.843. The molecule has 3 N–H and O–H groups in total. The van der Waals surface area contributed by atoms with E-state index in [0.717, 1.165) is 38.8 Å². The van der Waals surface area contributed by atoms with E-state index in [4.69, 9.17) is 5.73 Å².